The summed E-state index contributed by atoms with van der Waals surface area (Å²) in [5.41, 5.74) is 1.37. The van der Waals surface area contributed by atoms with E-state index in [0.29, 0.717) is 11.4 Å². The molecule has 0 spiro atoms. The molecule has 0 N–H and O–H groups in total. The fourth-order valence-corrected chi connectivity index (χ4v) is 2.21. The number of amides is 2. The van der Waals surface area contributed by atoms with Gasteiger partial charge >= 0.3 is 33.3 Å². The molecule has 20 heavy (non-hydrogen) atoms. The van der Waals surface area contributed by atoms with Crippen LogP contribution in [0, 0.1) is 0 Å². The van der Waals surface area contributed by atoms with Gasteiger partial charge < -0.3 is 0 Å². The van der Waals surface area contributed by atoms with Crippen molar-refractivity contribution in [2.75, 3.05) is 0 Å². The first-order chi connectivity index (χ1) is 9.31. The van der Waals surface area contributed by atoms with Gasteiger partial charge in [0.25, 0.3) is 0 Å². The van der Waals surface area contributed by atoms with Crippen molar-refractivity contribution in [2.24, 2.45) is 9.98 Å². The number of aliphatic imine (C=N–C) groups is 2. The normalized spacial score (nSPS) is 11.9. The number of hydrogen-bond acceptors (Lipinski definition) is 3. The summed E-state index contributed by atoms with van der Waals surface area (Å²) in [6.07, 6.45) is 0. The van der Waals surface area contributed by atoms with E-state index in [2.05, 4.69) is 9.98 Å². The van der Waals surface area contributed by atoms with E-state index in [1.54, 1.807) is 13.8 Å². The van der Waals surface area contributed by atoms with Crippen molar-refractivity contribution in [2.45, 2.75) is 27.7 Å². The fraction of sp³-hybridized carbons (Fsp3) is 0.333. The van der Waals surface area contributed by atoms with Crippen molar-refractivity contribution in [3.05, 3.63) is 21.9 Å². The van der Waals surface area contributed by atoms with Crippen molar-refractivity contribution in [3.8, 4) is 0 Å². The Morgan fingerprint density at radius 3 is 1.50 bits per heavy atom. The van der Waals surface area contributed by atoms with Crippen LogP contribution in [0.5, 0.6) is 0 Å². The molecule has 0 unspecified atom stereocenters. The number of carbonyl (C=O) groups excluding carboxylic acids is 2. The molecule has 0 atom stereocenters. The minimum absolute atomic E-state index is 0.194. The van der Waals surface area contributed by atoms with Crippen molar-refractivity contribution >= 4 is 54.8 Å². The van der Waals surface area contributed by atoms with Gasteiger partial charge in [-0.1, -0.05) is 0 Å². The van der Waals surface area contributed by atoms with E-state index < -0.39 is 0 Å². The monoisotopic (exact) mass is 376 g/mol. The van der Waals surface area contributed by atoms with Gasteiger partial charge in [0.2, 0.25) is 11.8 Å². The SMILES string of the molecule is CC(=O)N=C(C)c1ccc(C(C)=NC(C)=O)s1.[Cl][Fe][Cl]. The van der Waals surface area contributed by atoms with Crippen LogP contribution in [0.4, 0.5) is 0 Å². The molecule has 0 aliphatic heterocycles. The van der Waals surface area contributed by atoms with Gasteiger partial charge in [-0.15, -0.1) is 11.3 Å². The van der Waals surface area contributed by atoms with Gasteiger partial charge in [-0.05, 0) is 26.0 Å². The van der Waals surface area contributed by atoms with E-state index in [1.165, 1.54) is 25.2 Å². The van der Waals surface area contributed by atoms with Gasteiger partial charge in [0.05, 0.1) is 11.4 Å². The van der Waals surface area contributed by atoms with Crippen LogP contribution >= 0.6 is 31.5 Å². The van der Waals surface area contributed by atoms with Crippen molar-refractivity contribution in [1.29, 1.82) is 0 Å². The molecule has 0 aliphatic carbocycles. The van der Waals surface area contributed by atoms with Crippen LogP contribution in [0.3, 0.4) is 0 Å². The predicted octanol–water partition coefficient (Wildman–Crippen LogP) is 3.84. The van der Waals surface area contributed by atoms with Gasteiger partial charge in [0.15, 0.2) is 0 Å². The average molecular weight is 377 g/mol. The Bertz CT molecular complexity index is 497. The molecule has 1 aromatic heterocycles. The summed E-state index contributed by atoms with van der Waals surface area (Å²) in [4.78, 5) is 31.3. The Labute approximate surface area is 136 Å². The first kappa shape index (κ1) is 19.5. The molecule has 112 valence electrons. The maximum atomic E-state index is 10.9. The van der Waals surface area contributed by atoms with Gasteiger partial charge in [-0.25, -0.2) is 9.98 Å². The Hall–Kier alpha value is -0.521. The summed E-state index contributed by atoms with van der Waals surface area (Å²) in [5.74, 6) is -0.432. The number of rotatable bonds is 2. The molecule has 0 aromatic carbocycles. The predicted molar refractivity (Wildman–Crippen MR) is 81.8 cm³/mol. The van der Waals surface area contributed by atoms with Crippen LogP contribution in [0.25, 0.3) is 0 Å². The van der Waals surface area contributed by atoms with Gasteiger partial charge in [0.1, 0.15) is 0 Å². The Morgan fingerprint density at radius 1 is 0.950 bits per heavy atom. The number of nitrogens with zero attached hydrogens (tertiary/aromatic N) is 2. The zero-order chi connectivity index (χ0) is 15.7. The molecule has 0 saturated heterocycles. The standard InChI is InChI=1S/C12H14N2O2S.2ClH.Fe/c1-7(13-9(3)15)11-5-6-12(17-11)8(2)14-10(4)16;;;/h5-6H,1-4H3;2*1H;/q;;;+2/p-2. The van der Waals surface area contributed by atoms with Crippen LogP contribution in [0.15, 0.2) is 22.1 Å². The molecule has 1 aromatic rings. The second-order valence-corrected chi connectivity index (χ2v) is 6.55. The van der Waals surface area contributed by atoms with Crippen LogP contribution in [0.1, 0.15) is 37.4 Å². The third kappa shape index (κ3) is 7.92. The second-order valence-electron chi connectivity index (χ2n) is 3.65. The quantitative estimate of drug-likeness (QED) is 0.581. The molecule has 1 rings (SSSR count). The Kier molecular flexibility index (Phi) is 9.98. The number of thiophene rings is 1. The summed E-state index contributed by atoms with van der Waals surface area (Å²) < 4.78 is 0. The zero-order valence-electron chi connectivity index (χ0n) is 11.4. The van der Waals surface area contributed by atoms with Crippen LogP contribution in [-0.4, -0.2) is 23.2 Å². The van der Waals surface area contributed by atoms with Gasteiger partial charge in [-0.3, -0.25) is 9.59 Å². The molecule has 0 aliphatic rings. The van der Waals surface area contributed by atoms with Gasteiger partial charge in [-0.2, -0.15) is 0 Å². The van der Waals surface area contributed by atoms with Crippen LogP contribution in [-0.2, 0) is 22.7 Å². The molecule has 8 heteroatoms. The number of hydrogen-bond donors (Lipinski definition) is 0. The molecular formula is C12H14Cl2FeN2O2S. The Morgan fingerprint density at radius 2 is 1.25 bits per heavy atom. The molecule has 0 radical (unpaired) electrons. The topological polar surface area (TPSA) is 58.9 Å². The van der Waals surface area contributed by atoms with Crippen LogP contribution < -0.4 is 0 Å². The molecule has 0 fully saturated rings. The summed E-state index contributed by atoms with van der Waals surface area (Å²) in [5, 5.41) is 0. The van der Waals surface area contributed by atoms with Crippen LogP contribution in [0.2, 0.25) is 0 Å². The van der Waals surface area contributed by atoms with Crippen molar-refractivity contribution in [1.82, 2.24) is 0 Å². The summed E-state index contributed by atoms with van der Waals surface area (Å²) in [6.45, 7) is 6.41. The summed E-state index contributed by atoms with van der Waals surface area (Å²) in [6, 6.07) is 3.75. The van der Waals surface area contributed by atoms with Gasteiger partial charge in [0, 0.05) is 23.6 Å². The molecule has 2 amide bonds. The average Bonchev–Trinajstić information content (AvgIpc) is 2.77. The molecule has 0 bridgehead atoms. The number of halogens is 2. The van der Waals surface area contributed by atoms with E-state index in [9.17, 15) is 9.59 Å². The third-order valence-corrected chi connectivity index (χ3v) is 3.27. The first-order valence-corrected chi connectivity index (χ1v) is 9.24. The molecule has 1 heterocycles. The van der Waals surface area contributed by atoms with Crippen molar-refractivity contribution in [3.63, 3.8) is 0 Å². The van der Waals surface area contributed by atoms with E-state index in [1.807, 2.05) is 12.1 Å². The fourth-order valence-electron chi connectivity index (χ4n) is 1.31. The van der Waals surface area contributed by atoms with Crippen molar-refractivity contribution < 1.29 is 22.7 Å². The second kappa shape index (κ2) is 10.2. The number of carbonyl (C=O) groups is 2. The molecule has 4 nitrogen and oxygen atoms in total. The van der Waals surface area contributed by atoms with E-state index in [-0.39, 0.29) is 24.9 Å². The minimum atomic E-state index is -0.216. The first-order valence-electron chi connectivity index (χ1n) is 5.39. The van der Waals surface area contributed by atoms with E-state index >= 15 is 0 Å². The summed E-state index contributed by atoms with van der Waals surface area (Å²) in [7, 11) is 9.53. The Balaban J connectivity index is 0.00000110. The summed E-state index contributed by atoms with van der Waals surface area (Å²) >= 11 is 1.66. The molecular weight excluding hydrogens is 363 g/mol. The zero-order valence-corrected chi connectivity index (χ0v) is 14.8. The molecule has 0 saturated carbocycles. The van der Waals surface area contributed by atoms with E-state index in [4.69, 9.17) is 20.2 Å². The third-order valence-electron chi connectivity index (χ3n) is 1.97. The van der Waals surface area contributed by atoms with E-state index in [0.717, 1.165) is 9.75 Å². The maximum absolute atomic E-state index is 10.9.